The first-order valence-electron chi connectivity index (χ1n) is 7.30. The quantitative estimate of drug-likeness (QED) is 0.775. The molecule has 0 aliphatic carbocycles. The van der Waals surface area contributed by atoms with E-state index in [1.807, 2.05) is 0 Å². The molecule has 0 aromatic heterocycles. The van der Waals surface area contributed by atoms with Gasteiger partial charge in [0.25, 0.3) is 11.8 Å². The van der Waals surface area contributed by atoms with Crippen LogP contribution in [0.3, 0.4) is 0 Å². The molecule has 1 aliphatic heterocycles. The van der Waals surface area contributed by atoms with Crippen LogP contribution in [-0.4, -0.2) is 29.8 Å². The first kappa shape index (κ1) is 17.0. The zero-order valence-electron chi connectivity index (χ0n) is 12.7. The summed E-state index contributed by atoms with van der Waals surface area (Å²) in [5, 5.41) is 0.700. The summed E-state index contributed by atoms with van der Waals surface area (Å²) in [6.07, 6.45) is -4.43. The Hall–Kier alpha value is -2.87. The zero-order chi connectivity index (χ0) is 18.0. The average Bonchev–Trinajstić information content (AvgIpc) is 2.80. The number of nitrogens with zero attached hydrogens (tertiary/aromatic N) is 1. The highest BCUT2D eigenvalue weighted by molar-refractivity contribution is 6.20. The summed E-state index contributed by atoms with van der Waals surface area (Å²) < 4.78 is 40.1. The van der Waals surface area contributed by atoms with Crippen LogP contribution < -0.4 is 4.74 Å². The van der Waals surface area contributed by atoms with E-state index < -0.39 is 18.2 Å². The van der Waals surface area contributed by atoms with Gasteiger partial charge in [-0.3, -0.25) is 14.4 Å². The topological polar surface area (TPSA) is 55.8 Å². The minimum atomic E-state index is -4.74. The Kier molecular flexibility index (Phi) is 4.45. The number of hydrogen-bond donors (Lipinski definition) is 0. The molecule has 1 heterocycles. The van der Waals surface area contributed by atoms with Gasteiger partial charge in [-0.1, -0.05) is 24.3 Å². The highest BCUT2D eigenvalue weighted by Crippen LogP contribution is 2.24. The van der Waals surface area contributed by atoms with Gasteiger partial charge in [0, 0.05) is 0 Å². The molecule has 0 saturated carbocycles. The molecule has 1 aliphatic rings. The average molecular weight is 351 g/mol. The monoisotopic (exact) mass is 351 g/mol. The molecular formula is C17H12F3NO4. The van der Waals surface area contributed by atoms with Gasteiger partial charge in [-0.05, 0) is 36.2 Å². The summed E-state index contributed by atoms with van der Waals surface area (Å²) in [7, 11) is 0. The standard InChI is InChI=1S/C17H12F3NO4/c18-17(19,20)25-12-7-5-11(6-8-12)9-10-24-21-15(22)13-3-1-2-4-14(13)16(21)23/h1-8H,9-10H2. The van der Waals surface area contributed by atoms with E-state index in [2.05, 4.69) is 4.74 Å². The number of alkyl halides is 3. The van der Waals surface area contributed by atoms with Gasteiger partial charge in [-0.25, -0.2) is 0 Å². The molecule has 0 N–H and O–H groups in total. The van der Waals surface area contributed by atoms with E-state index in [-0.39, 0.29) is 23.5 Å². The normalized spacial score (nSPS) is 14.0. The maximum absolute atomic E-state index is 12.1. The molecule has 0 atom stereocenters. The maximum atomic E-state index is 12.1. The van der Waals surface area contributed by atoms with Gasteiger partial charge < -0.3 is 4.74 Å². The number of amides is 2. The molecule has 2 aromatic rings. The van der Waals surface area contributed by atoms with Crippen LogP contribution in [0.25, 0.3) is 0 Å². The van der Waals surface area contributed by atoms with Crippen molar-refractivity contribution < 1.29 is 32.3 Å². The van der Waals surface area contributed by atoms with Crippen LogP contribution in [0.15, 0.2) is 48.5 Å². The summed E-state index contributed by atoms with van der Waals surface area (Å²) in [6, 6.07) is 11.7. The lowest BCUT2D eigenvalue weighted by atomic mass is 10.1. The SMILES string of the molecule is O=C1c2ccccc2C(=O)N1OCCc1ccc(OC(F)(F)F)cc1. The first-order valence-corrected chi connectivity index (χ1v) is 7.30. The Bertz CT molecular complexity index is 767. The fourth-order valence-corrected chi connectivity index (χ4v) is 2.40. The summed E-state index contributed by atoms with van der Waals surface area (Å²) in [5.74, 6) is -1.39. The van der Waals surface area contributed by atoms with E-state index in [1.165, 1.54) is 36.4 Å². The summed E-state index contributed by atoms with van der Waals surface area (Å²) in [6.45, 7) is 0.0188. The zero-order valence-corrected chi connectivity index (χ0v) is 12.7. The van der Waals surface area contributed by atoms with Crippen molar-refractivity contribution in [1.29, 1.82) is 0 Å². The Balaban J connectivity index is 1.55. The number of halogens is 3. The van der Waals surface area contributed by atoms with Gasteiger partial charge in [0.1, 0.15) is 5.75 Å². The number of benzene rings is 2. The van der Waals surface area contributed by atoms with E-state index in [4.69, 9.17) is 4.84 Å². The molecule has 0 fully saturated rings. The summed E-state index contributed by atoms with van der Waals surface area (Å²) in [4.78, 5) is 29.4. The molecule has 130 valence electrons. The minimum Gasteiger partial charge on any atom is -0.406 e. The van der Waals surface area contributed by atoms with Gasteiger partial charge in [0.2, 0.25) is 0 Å². The van der Waals surface area contributed by atoms with Gasteiger partial charge in [0.15, 0.2) is 0 Å². The molecule has 0 spiro atoms. The lowest BCUT2D eigenvalue weighted by molar-refractivity contribution is -0.274. The second-order valence-electron chi connectivity index (χ2n) is 5.23. The van der Waals surface area contributed by atoms with Gasteiger partial charge in [0.05, 0.1) is 17.7 Å². The number of rotatable bonds is 5. The number of ether oxygens (including phenoxy) is 1. The van der Waals surface area contributed by atoms with Crippen LogP contribution in [0, 0.1) is 0 Å². The fourth-order valence-electron chi connectivity index (χ4n) is 2.40. The molecule has 8 heteroatoms. The molecule has 5 nitrogen and oxygen atoms in total. The molecule has 0 radical (unpaired) electrons. The van der Waals surface area contributed by atoms with E-state index in [9.17, 15) is 22.8 Å². The lowest BCUT2D eigenvalue weighted by Crippen LogP contribution is -2.30. The van der Waals surface area contributed by atoms with Gasteiger partial charge in [-0.15, -0.1) is 18.2 Å². The Morgan fingerprint density at radius 3 is 1.96 bits per heavy atom. The number of carbonyl (C=O) groups excluding carboxylic acids is 2. The number of hydrogen-bond acceptors (Lipinski definition) is 4. The molecule has 2 aromatic carbocycles. The number of fused-ring (bicyclic) bond motifs is 1. The molecular weight excluding hydrogens is 339 g/mol. The van der Waals surface area contributed by atoms with Crippen LogP contribution in [0.5, 0.6) is 5.75 Å². The van der Waals surface area contributed by atoms with Crippen molar-refractivity contribution in [2.75, 3.05) is 6.61 Å². The predicted octanol–water partition coefficient (Wildman–Crippen LogP) is 3.36. The number of imide groups is 1. The molecule has 2 amide bonds. The summed E-state index contributed by atoms with van der Waals surface area (Å²) >= 11 is 0. The van der Waals surface area contributed by atoms with Crippen molar-refractivity contribution in [3.8, 4) is 5.75 Å². The van der Waals surface area contributed by atoms with Crippen molar-refractivity contribution in [1.82, 2.24) is 5.06 Å². The van der Waals surface area contributed by atoms with Crippen molar-refractivity contribution in [3.63, 3.8) is 0 Å². The van der Waals surface area contributed by atoms with E-state index in [0.29, 0.717) is 17.0 Å². The Morgan fingerprint density at radius 1 is 0.880 bits per heavy atom. The molecule has 0 saturated heterocycles. The van der Waals surface area contributed by atoms with Gasteiger partial charge >= 0.3 is 6.36 Å². The van der Waals surface area contributed by atoms with Crippen molar-refractivity contribution in [2.24, 2.45) is 0 Å². The van der Waals surface area contributed by atoms with Crippen LogP contribution in [0.4, 0.5) is 13.2 Å². The minimum absolute atomic E-state index is 0.0188. The second-order valence-corrected chi connectivity index (χ2v) is 5.23. The Morgan fingerprint density at radius 2 is 1.44 bits per heavy atom. The lowest BCUT2D eigenvalue weighted by Gasteiger charge is -2.13. The second kappa shape index (κ2) is 6.56. The van der Waals surface area contributed by atoms with E-state index in [1.54, 1.807) is 12.1 Å². The van der Waals surface area contributed by atoms with Gasteiger partial charge in [-0.2, -0.15) is 0 Å². The van der Waals surface area contributed by atoms with Crippen LogP contribution in [-0.2, 0) is 11.3 Å². The molecule has 0 bridgehead atoms. The number of hydroxylamine groups is 2. The first-order chi connectivity index (χ1) is 11.8. The molecule has 0 unspecified atom stereocenters. The van der Waals surface area contributed by atoms with E-state index in [0.717, 1.165) is 0 Å². The third kappa shape index (κ3) is 3.80. The third-order valence-electron chi connectivity index (χ3n) is 3.52. The highest BCUT2D eigenvalue weighted by atomic mass is 19.4. The van der Waals surface area contributed by atoms with Crippen molar-refractivity contribution in [2.45, 2.75) is 12.8 Å². The number of carbonyl (C=O) groups is 2. The van der Waals surface area contributed by atoms with Crippen molar-refractivity contribution >= 4 is 11.8 Å². The van der Waals surface area contributed by atoms with E-state index >= 15 is 0 Å². The third-order valence-corrected chi connectivity index (χ3v) is 3.52. The molecule has 3 rings (SSSR count). The van der Waals surface area contributed by atoms with Crippen LogP contribution >= 0.6 is 0 Å². The molecule has 25 heavy (non-hydrogen) atoms. The largest absolute Gasteiger partial charge is 0.573 e. The maximum Gasteiger partial charge on any atom is 0.573 e. The van der Waals surface area contributed by atoms with Crippen LogP contribution in [0.1, 0.15) is 26.3 Å². The smallest absolute Gasteiger partial charge is 0.406 e. The predicted molar refractivity (Wildman–Crippen MR) is 79.7 cm³/mol. The summed E-state index contributed by atoms with van der Waals surface area (Å²) in [5.41, 5.74) is 1.23. The fraction of sp³-hybridized carbons (Fsp3) is 0.176. The van der Waals surface area contributed by atoms with Crippen LogP contribution in [0.2, 0.25) is 0 Å². The Labute approximate surface area is 140 Å². The highest BCUT2D eigenvalue weighted by Gasteiger charge is 2.36. The van der Waals surface area contributed by atoms with Crippen molar-refractivity contribution in [3.05, 3.63) is 65.2 Å².